The molecule has 1 aromatic carbocycles. The van der Waals surface area contributed by atoms with Crippen molar-refractivity contribution < 1.29 is 14.3 Å². The molecule has 2 N–H and O–H groups in total. The molecule has 0 aliphatic heterocycles. The van der Waals surface area contributed by atoms with Crippen molar-refractivity contribution in [3.8, 4) is 0 Å². The fraction of sp³-hybridized carbons (Fsp3) is 0.429. The molecule has 1 aromatic rings. The lowest BCUT2D eigenvalue weighted by Crippen LogP contribution is -2.37. The Kier molecular flexibility index (Phi) is 7.53. The number of benzene rings is 1. The predicted octanol–water partition coefficient (Wildman–Crippen LogP) is 2.97. The second-order valence-electron chi connectivity index (χ2n) is 4.40. The molecule has 0 fully saturated rings. The number of amides is 1. The molecule has 0 aliphatic carbocycles. The summed E-state index contributed by atoms with van der Waals surface area (Å²) >= 11 is 9.23. The number of hydrogen-bond acceptors (Lipinski definition) is 4. The van der Waals surface area contributed by atoms with Gasteiger partial charge in [-0.25, -0.2) is 4.79 Å². The predicted molar refractivity (Wildman–Crippen MR) is 86.5 cm³/mol. The molecular weight excluding hydrogens is 360 g/mol. The molecule has 0 bridgehead atoms. The van der Waals surface area contributed by atoms with Crippen molar-refractivity contribution in [1.82, 2.24) is 5.32 Å². The van der Waals surface area contributed by atoms with Crippen LogP contribution in [0.3, 0.4) is 0 Å². The summed E-state index contributed by atoms with van der Waals surface area (Å²) in [6.07, 6.45) is 0.846. The summed E-state index contributed by atoms with van der Waals surface area (Å²) in [6, 6.07) is 4.41. The minimum absolute atomic E-state index is 0.00686. The normalized spacial score (nSPS) is 11.6. The maximum absolute atomic E-state index is 11.8. The van der Waals surface area contributed by atoms with Gasteiger partial charge < -0.3 is 15.4 Å². The van der Waals surface area contributed by atoms with Gasteiger partial charge in [0.25, 0.3) is 0 Å². The first-order valence-corrected chi connectivity index (χ1v) is 7.71. The number of nitrogens with one attached hydrogen (secondary N) is 2. The summed E-state index contributed by atoms with van der Waals surface area (Å²) < 4.78 is 5.43. The van der Waals surface area contributed by atoms with Gasteiger partial charge in [-0.05, 0) is 40.5 Å². The molecule has 1 rings (SSSR count). The molecule has 1 amide bonds. The van der Waals surface area contributed by atoms with Gasteiger partial charge in [-0.15, -0.1) is 0 Å². The largest absolute Gasteiger partial charge is 0.467 e. The highest BCUT2D eigenvalue weighted by Gasteiger charge is 2.22. The van der Waals surface area contributed by atoms with Gasteiger partial charge in [-0.3, -0.25) is 4.79 Å². The molecular formula is C14H18BrClN2O3. The zero-order chi connectivity index (χ0) is 15.8. The number of hydrogen-bond donors (Lipinski definition) is 2. The van der Waals surface area contributed by atoms with Crippen molar-refractivity contribution in [3.63, 3.8) is 0 Å². The lowest BCUT2D eigenvalue weighted by molar-refractivity contribution is -0.143. The molecule has 21 heavy (non-hydrogen) atoms. The first-order valence-electron chi connectivity index (χ1n) is 6.54. The lowest BCUT2D eigenvalue weighted by atomic mass is 10.1. The van der Waals surface area contributed by atoms with Crippen molar-refractivity contribution in [2.45, 2.75) is 25.8 Å². The second-order valence-corrected chi connectivity index (χ2v) is 5.66. The van der Waals surface area contributed by atoms with Crippen LogP contribution in [0.5, 0.6) is 0 Å². The Hall–Kier alpha value is -1.27. The van der Waals surface area contributed by atoms with E-state index >= 15 is 0 Å². The highest BCUT2D eigenvalue weighted by Crippen LogP contribution is 2.26. The molecule has 1 atom stereocenters. The van der Waals surface area contributed by atoms with Gasteiger partial charge in [0.05, 0.1) is 18.6 Å². The van der Waals surface area contributed by atoms with Crippen LogP contribution in [-0.2, 0) is 14.3 Å². The highest BCUT2D eigenvalue weighted by atomic mass is 79.9. The van der Waals surface area contributed by atoms with Gasteiger partial charge in [-0.1, -0.05) is 18.5 Å². The number of carbonyl (C=O) groups is 2. The van der Waals surface area contributed by atoms with E-state index in [2.05, 4.69) is 26.6 Å². The lowest BCUT2D eigenvalue weighted by Gasteiger charge is -2.17. The van der Waals surface area contributed by atoms with Crippen LogP contribution in [0.15, 0.2) is 22.7 Å². The zero-order valence-corrected chi connectivity index (χ0v) is 14.3. The number of esters is 1. The Labute approximate surface area is 137 Å². The Morgan fingerprint density at radius 1 is 1.43 bits per heavy atom. The molecule has 0 aliphatic rings. The highest BCUT2D eigenvalue weighted by molar-refractivity contribution is 9.10. The van der Waals surface area contributed by atoms with Crippen LogP contribution in [0, 0.1) is 0 Å². The van der Waals surface area contributed by atoms with E-state index in [1.165, 1.54) is 7.11 Å². The quantitative estimate of drug-likeness (QED) is 0.717. The molecule has 1 unspecified atom stereocenters. The molecule has 0 saturated carbocycles. The second kappa shape index (κ2) is 8.89. The number of ether oxygens (including phenoxy) is 1. The summed E-state index contributed by atoms with van der Waals surface area (Å²) in [5.41, 5.74) is 0.671. The average Bonchev–Trinajstić information content (AvgIpc) is 2.47. The van der Waals surface area contributed by atoms with Crippen molar-refractivity contribution >= 4 is 45.1 Å². The zero-order valence-electron chi connectivity index (χ0n) is 11.9. The fourth-order valence-corrected chi connectivity index (χ4v) is 2.14. The third-order valence-electron chi connectivity index (χ3n) is 2.71. The van der Waals surface area contributed by atoms with Gasteiger partial charge in [0.2, 0.25) is 5.91 Å². The third kappa shape index (κ3) is 5.93. The van der Waals surface area contributed by atoms with E-state index in [0.717, 1.165) is 6.42 Å². The first kappa shape index (κ1) is 17.8. The molecule has 0 aromatic heterocycles. The van der Waals surface area contributed by atoms with E-state index in [1.807, 2.05) is 6.92 Å². The van der Waals surface area contributed by atoms with Crippen LogP contribution >= 0.6 is 27.5 Å². The number of methoxy groups -OCH3 is 1. The van der Waals surface area contributed by atoms with E-state index in [-0.39, 0.29) is 12.3 Å². The Morgan fingerprint density at radius 2 is 2.14 bits per heavy atom. The van der Waals surface area contributed by atoms with Gasteiger partial charge in [0.15, 0.2) is 0 Å². The fourth-order valence-electron chi connectivity index (χ4n) is 1.64. The molecule has 5 nitrogen and oxygen atoms in total. The number of halogens is 2. The smallest absolute Gasteiger partial charge is 0.328 e. The van der Waals surface area contributed by atoms with Crippen LogP contribution in [0.2, 0.25) is 5.02 Å². The summed E-state index contributed by atoms with van der Waals surface area (Å²) in [4.78, 5) is 23.5. The van der Waals surface area contributed by atoms with Crippen LogP contribution in [0.25, 0.3) is 0 Å². The molecule has 0 radical (unpaired) electrons. The SMILES string of the molecule is CCCNC(=O)CC(Nc1ccc(Cl)c(Br)c1)C(=O)OC. The molecule has 0 spiro atoms. The summed E-state index contributed by atoms with van der Waals surface area (Å²) in [7, 11) is 1.29. The summed E-state index contributed by atoms with van der Waals surface area (Å²) in [5.74, 6) is -0.694. The minimum Gasteiger partial charge on any atom is -0.467 e. The van der Waals surface area contributed by atoms with Crippen molar-refractivity contribution in [3.05, 3.63) is 27.7 Å². The van der Waals surface area contributed by atoms with E-state index in [9.17, 15) is 9.59 Å². The van der Waals surface area contributed by atoms with Crippen LogP contribution in [-0.4, -0.2) is 31.6 Å². The van der Waals surface area contributed by atoms with Gasteiger partial charge in [-0.2, -0.15) is 0 Å². The van der Waals surface area contributed by atoms with Crippen molar-refractivity contribution in [1.29, 1.82) is 0 Å². The number of carbonyl (C=O) groups excluding carboxylic acids is 2. The Morgan fingerprint density at radius 3 is 2.71 bits per heavy atom. The van der Waals surface area contributed by atoms with E-state index < -0.39 is 12.0 Å². The van der Waals surface area contributed by atoms with Crippen LogP contribution in [0.4, 0.5) is 5.69 Å². The first-order chi connectivity index (χ1) is 9.97. The van der Waals surface area contributed by atoms with E-state index in [4.69, 9.17) is 16.3 Å². The van der Waals surface area contributed by atoms with Crippen LogP contribution in [0.1, 0.15) is 19.8 Å². The van der Waals surface area contributed by atoms with Crippen molar-refractivity contribution in [2.24, 2.45) is 0 Å². The molecule has 0 heterocycles. The van der Waals surface area contributed by atoms with Gasteiger partial charge in [0, 0.05) is 16.7 Å². The standard InChI is InChI=1S/C14H18BrClN2O3/c1-3-6-17-13(19)8-12(14(20)21-2)18-9-4-5-11(16)10(15)7-9/h4-5,7,12,18H,3,6,8H2,1-2H3,(H,17,19). The molecule has 7 heteroatoms. The monoisotopic (exact) mass is 376 g/mol. The van der Waals surface area contributed by atoms with Crippen molar-refractivity contribution in [2.75, 3.05) is 19.0 Å². The maximum Gasteiger partial charge on any atom is 0.328 e. The van der Waals surface area contributed by atoms with Gasteiger partial charge in [0.1, 0.15) is 6.04 Å². The number of anilines is 1. The molecule has 116 valence electrons. The topological polar surface area (TPSA) is 67.4 Å². The van der Waals surface area contributed by atoms with Crippen LogP contribution < -0.4 is 10.6 Å². The van der Waals surface area contributed by atoms with E-state index in [1.54, 1.807) is 18.2 Å². The Bertz CT molecular complexity index is 511. The minimum atomic E-state index is -0.750. The third-order valence-corrected chi connectivity index (χ3v) is 3.92. The Balaban J connectivity index is 2.75. The molecule has 0 saturated heterocycles. The number of rotatable bonds is 7. The summed E-state index contributed by atoms with van der Waals surface area (Å²) in [6.45, 7) is 2.54. The summed E-state index contributed by atoms with van der Waals surface area (Å²) in [5, 5.41) is 6.28. The maximum atomic E-state index is 11.8. The van der Waals surface area contributed by atoms with Gasteiger partial charge >= 0.3 is 5.97 Å². The van der Waals surface area contributed by atoms with E-state index in [0.29, 0.717) is 21.7 Å². The average molecular weight is 378 g/mol.